The number of benzene rings is 1. The zero-order valence-corrected chi connectivity index (χ0v) is 14.0. The van der Waals surface area contributed by atoms with E-state index >= 15 is 0 Å². The van der Waals surface area contributed by atoms with Gasteiger partial charge in [-0.05, 0) is 62.9 Å². The lowest BCUT2D eigenvalue weighted by atomic mass is 10.1. The highest BCUT2D eigenvalue weighted by molar-refractivity contribution is 6.30. The largest absolute Gasteiger partial charge is 0.490 e. The predicted octanol–water partition coefficient (Wildman–Crippen LogP) is 3.88. The average Bonchev–Trinajstić information content (AvgIpc) is 2.86. The molecule has 1 aromatic carbocycles. The second-order valence-corrected chi connectivity index (χ2v) is 6.28. The summed E-state index contributed by atoms with van der Waals surface area (Å²) < 4.78 is 12.0. The van der Waals surface area contributed by atoms with Crippen LogP contribution in [0.5, 0.6) is 5.75 Å². The van der Waals surface area contributed by atoms with Gasteiger partial charge in [0.25, 0.3) is 0 Å². The molecule has 1 heterocycles. The van der Waals surface area contributed by atoms with Gasteiger partial charge >= 0.3 is 0 Å². The van der Waals surface area contributed by atoms with Crippen molar-refractivity contribution in [2.75, 3.05) is 19.7 Å². The van der Waals surface area contributed by atoms with Crippen molar-refractivity contribution in [2.24, 2.45) is 0 Å². The van der Waals surface area contributed by atoms with Crippen molar-refractivity contribution in [1.29, 1.82) is 0 Å². The molecule has 2 rings (SSSR count). The van der Waals surface area contributed by atoms with Gasteiger partial charge in [0.1, 0.15) is 12.4 Å². The van der Waals surface area contributed by atoms with Crippen LogP contribution in [0.1, 0.15) is 37.3 Å². The van der Waals surface area contributed by atoms with Crippen LogP contribution in [-0.2, 0) is 4.74 Å². The Kier molecular flexibility index (Phi) is 6.34. The maximum atomic E-state index is 6.04. The molecule has 2 atom stereocenters. The van der Waals surface area contributed by atoms with E-state index in [-0.39, 0.29) is 6.10 Å². The molecule has 118 valence electrons. The molecule has 0 bridgehead atoms. The number of rotatable bonds is 7. The Morgan fingerprint density at radius 1 is 1.24 bits per heavy atom. The van der Waals surface area contributed by atoms with Crippen molar-refractivity contribution in [3.05, 3.63) is 28.3 Å². The topological polar surface area (TPSA) is 30.5 Å². The van der Waals surface area contributed by atoms with Gasteiger partial charge in [0, 0.05) is 11.6 Å². The zero-order chi connectivity index (χ0) is 15.2. The van der Waals surface area contributed by atoms with Gasteiger partial charge in [0.15, 0.2) is 0 Å². The Balaban J connectivity index is 1.79. The molecule has 0 aromatic heterocycles. The van der Waals surface area contributed by atoms with Crippen molar-refractivity contribution < 1.29 is 9.47 Å². The number of hydrogen-bond acceptors (Lipinski definition) is 3. The summed E-state index contributed by atoms with van der Waals surface area (Å²) in [6.45, 7) is 8.86. The number of ether oxygens (including phenoxy) is 2. The van der Waals surface area contributed by atoms with E-state index < -0.39 is 0 Å². The molecule has 21 heavy (non-hydrogen) atoms. The van der Waals surface area contributed by atoms with Crippen molar-refractivity contribution >= 4 is 11.6 Å². The second kappa shape index (κ2) is 8.02. The molecule has 1 aliphatic rings. The fourth-order valence-corrected chi connectivity index (χ4v) is 3.12. The molecule has 1 aromatic rings. The van der Waals surface area contributed by atoms with Crippen LogP contribution in [-0.4, -0.2) is 31.9 Å². The van der Waals surface area contributed by atoms with Gasteiger partial charge < -0.3 is 14.8 Å². The van der Waals surface area contributed by atoms with Gasteiger partial charge in [-0.2, -0.15) is 0 Å². The fraction of sp³-hybridized carbons (Fsp3) is 0.647. The molecule has 4 heteroatoms. The third-order valence-electron chi connectivity index (χ3n) is 3.83. The van der Waals surface area contributed by atoms with E-state index in [9.17, 15) is 0 Å². The normalized spacial score (nSPS) is 21.7. The minimum absolute atomic E-state index is 0.202. The number of aryl methyl sites for hydroxylation is 2. The van der Waals surface area contributed by atoms with Gasteiger partial charge in [-0.15, -0.1) is 0 Å². The Labute approximate surface area is 133 Å². The summed E-state index contributed by atoms with van der Waals surface area (Å²) in [6, 6.07) is 3.88. The molecule has 0 saturated carbocycles. The van der Waals surface area contributed by atoms with Crippen LogP contribution in [0.25, 0.3) is 0 Å². The van der Waals surface area contributed by atoms with Crippen LogP contribution >= 0.6 is 11.6 Å². The fourth-order valence-electron chi connectivity index (χ4n) is 2.79. The Morgan fingerprint density at radius 3 is 2.57 bits per heavy atom. The molecule has 1 aliphatic heterocycles. The monoisotopic (exact) mass is 311 g/mol. The first kappa shape index (κ1) is 16.6. The van der Waals surface area contributed by atoms with E-state index in [0.29, 0.717) is 12.7 Å². The van der Waals surface area contributed by atoms with E-state index in [2.05, 4.69) is 12.2 Å². The van der Waals surface area contributed by atoms with Crippen LogP contribution in [0.3, 0.4) is 0 Å². The SMILES string of the molecule is CCCNCC1CCC(COc2c(C)cc(Cl)cc2C)O1. The minimum Gasteiger partial charge on any atom is -0.490 e. The quantitative estimate of drug-likeness (QED) is 0.775. The van der Waals surface area contributed by atoms with Gasteiger partial charge in [-0.1, -0.05) is 18.5 Å². The number of halogens is 1. The number of nitrogens with one attached hydrogen (secondary N) is 1. The van der Waals surface area contributed by atoms with E-state index in [1.165, 1.54) is 0 Å². The molecule has 1 saturated heterocycles. The van der Waals surface area contributed by atoms with Gasteiger partial charge in [0.2, 0.25) is 0 Å². The summed E-state index contributed by atoms with van der Waals surface area (Å²) in [5.41, 5.74) is 2.17. The van der Waals surface area contributed by atoms with Crippen LogP contribution in [0.4, 0.5) is 0 Å². The molecule has 1 fully saturated rings. The van der Waals surface area contributed by atoms with E-state index in [0.717, 1.165) is 54.3 Å². The summed E-state index contributed by atoms with van der Waals surface area (Å²) in [6.07, 6.45) is 3.88. The van der Waals surface area contributed by atoms with Crippen molar-refractivity contribution in [2.45, 2.75) is 52.2 Å². The highest BCUT2D eigenvalue weighted by Gasteiger charge is 2.25. The van der Waals surface area contributed by atoms with Crippen molar-refractivity contribution in [3.63, 3.8) is 0 Å². The third kappa shape index (κ3) is 4.87. The van der Waals surface area contributed by atoms with Gasteiger partial charge in [0.05, 0.1) is 12.2 Å². The van der Waals surface area contributed by atoms with Crippen LogP contribution in [0, 0.1) is 13.8 Å². The Hall–Kier alpha value is -0.770. The highest BCUT2D eigenvalue weighted by atomic mass is 35.5. The lowest BCUT2D eigenvalue weighted by molar-refractivity contribution is 0.0184. The zero-order valence-electron chi connectivity index (χ0n) is 13.2. The lowest BCUT2D eigenvalue weighted by Gasteiger charge is -2.17. The molecule has 2 unspecified atom stereocenters. The third-order valence-corrected chi connectivity index (χ3v) is 4.05. The minimum atomic E-state index is 0.202. The Morgan fingerprint density at radius 2 is 1.90 bits per heavy atom. The lowest BCUT2D eigenvalue weighted by Crippen LogP contribution is -2.28. The summed E-state index contributed by atoms with van der Waals surface area (Å²) in [4.78, 5) is 0. The summed E-state index contributed by atoms with van der Waals surface area (Å²) in [5, 5.41) is 4.18. The average molecular weight is 312 g/mol. The maximum Gasteiger partial charge on any atom is 0.125 e. The predicted molar refractivity (Wildman–Crippen MR) is 87.5 cm³/mol. The van der Waals surface area contributed by atoms with Crippen molar-refractivity contribution in [1.82, 2.24) is 5.32 Å². The van der Waals surface area contributed by atoms with E-state index in [1.807, 2.05) is 26.0 Å². The number of hydrogen-bond donors (Lipinski definition) is 1. The standard InChI is InChI=1S/C17H26ClNO2/c1-4-7-19-10-15-5-6-16(21-15)11-20-17-12(2)8-14(18)9-13(17)3/h8-9,15-16,19H,4-7,10-11H2,1-3H3. The van der Waals surface area contributed by atoms with Gasteiger partial charge in [-0.25, -0.2) is 0 Å². The molecule has 1 N–H and O–H groups in total. The highest BCUT2D eigenvalue weighted by Crippen LogP contribution is 2.28. The molecule has 3 nitrogen and oxygen atoms in total. The van der Waals surface area contributed by atoms with E-state index in [4.69, 9.17) is 21.1 Å². The summed E-state index contributed by atoms with van der Waals surface area (Å²) in [7, 11) is 0. The van der Waals surface area contributed by atoms with Gasteiger partial charge in [-0.3, -0.25) is 0 Å². The maximum absolute atomic E-state index is 6.04. The summed E-state index contributed by atoms with van der Waals surface area (Å²) in [5.74, 6) is 0.940. The van der Waals surface area contributed by atoms with Crippen LogP contribution in [0.2, 0.25) is 5.02 Å². The smallest absolute Gasteiger partial charge is 0.125 e. The molecular weight excluding hydrogens is 286 g/mol. The summed E-state index contributed by atoms with van der Waals surface area (Å²) >= 11 is 6.04. The van der Waals surface area contributed by atoms with E-state index in [1.54, 1.807) is 0 Å². The van der Waals surface area contributed by atoms with Crippen LogP contribution < -0.4 is 10.1 Å². The molecule has 0 amide bonds. The second-order valence-electron chi connectivity index (χ2n) is 5.84. The first-order valence-electron chi connectivity index (χ1n) is 7.86. The Bertz CT molecular complexity index is 441. The molecule has 0 aliphatic carbocycles. The molecule has 0 radical (unpaired) electrons. The molecular formula is C17H26ClNO2. The first-order valence-corrected chi connectivity index (χ1v) is 8.23. The van der Waals surface area contributed by atoms with Crippen LogP contribution in [0.15, 0.2) is 12.1 Å². The first-order chi connectivity index (χ1) is 10.1. The molecule has 0 spiro atoms. The van der Waals surface area contributed by atoms with Crippen molar-refractivity contribution in [3.8, 4) is 5.75 Å².